The number of anilines is 1. The molecule has 0 unspecified atom stereocenters. The number of hydrogen-bond donors (Lipinski definition) is 0. The van der Waals surface area contributed by atoms with Crippen molar-refractivity contribution in [1.29, 1.82) is 0 Å². The zero-order chi connectivity index (χ0) is 11.2. The number of thiophene rings is 1. The highest BCUT2D eigenvalue weighted by molar-refractivity contribution is 7.09. The van der Waals surface area contributed by atoms with Crippen LogP contribution < -0.4 is 4.90 Å². The molecular weight excluding hydrogens is 214 g/mol. The van der Waals surface area contributed by atoms with Crippen molar-refractivity contribution in [1.82, 2.24) is 0 Å². The second kappa shape index (κ2) is 5.52. The second-order valence-corrected chi connectivity index (χ2v) is 4.62. The van der Waals surface area contributed by atoms with Gasteiger partial charge in [-0.25, -0.2) is 0 Å². The standard InChI is InChI=1S/C14H15NS/c1-2-10-15(12-14-9-6-11-16-14)13-7-4-3-5-8-13/h2-9,11H,1,10,12H2. The molecule has 1 aromatic carbocycles. The Labute approximate surface area is 101 Å². The molecular formula is C14H15NS. The Kier molecular flexibility index (Phi) is 3.78. The smallest absolute Gasteiger partial charge is 0.0526 e. The highest BCUT2D eigenvalue weighted by atomic mass is 32.1. The van der Waals surface area contributed by atoms with Crippen LogP contribution in [0.5, 0.6) is 0 Å². The van der Waals surface area contributed by atoms with Crippen molar-refractivity contribution in [2.75, 3.05) is 11.4 Å². The van der Waals surface area contributed by atoms with Crippen molar-refractivity contribution in [2.24, 2.45) is 0 Å². The Morgan fingerprint density at radius 1 is 1.12 bits per heavy atom. The van der Waals surface area contributed by atoms with Crippen molar-refractivity contribution >= 4 is 17.0 Å². The molecule has 2 heteroatoms. The Hall–Kier alpha value is -1.54. The molecule has 0 aliphatic carbocycles. The lowest BCUT2D eigenvalue weighted by atomic mass is 10.2. The molecule has 0 spiro atoms. The Morgan fingerprint density at radius 3 is 2.56 bits per heavy atom. The summed E-state index contributed by atoms with van der Waals surface area (Å²) in [7, 11) is 0. The van der Waals surface area contributed by atoms with E-state index in [1.54, 1.807) is 11.3 Å². The lowest BCUT2D eigenvalue weighted by Crippen LogP contribution is -2.21. The van der Waals surface area contributed by atoms with Crippen LogP contribution in [0.2, 0.25) is 0 Å². The Balaban J connectivity index is 2.14. The molecule has 0 bridgehead atoms. The maximum atomic E-state index is 3.82. The van der Waals surface area contributed by atoms with E-state index in [2.05, 4.69) is 53.3 Å². The minimum Gasteiger partial charge on any atom is -0.363 e. The van der Waals surface area contributed by atoms with Gasteiger partial charge < -0.3 is 4.90 Å². The van der Waals surface area contributed by atoms with Crippen molar-refractivity contribution in [3.8, 4) is 0 Å². The molecule has 0 radical (unpaired) electrons. The third kappa shape index (κ3) is 2.74. The van der Waals surface area contributed by atoms with Crippen LogP contribution >= 0.6 is 11.3 Å². The fraction of sp³-hybridized carbons (Fsp3) is 0.143. The summed E-state index contributed by atoms with van der Waals surface area (Å²) in [6, 6.07) is 14.7. The van der Waals surface area contributed by atoms with E-state index in [0.29, 0.717) is 0 Å². The molecule has 1 nitrogen and oxygen atoms in total. The molecule has 0 amide bonds. The van der Waals surface area contributed by atoms with Gasteiger partial charge in [0.25, 0.3) is 0 Å². The zero-order valence-electron chi connectivity index (χ0n) is 9.17. The predicted octanol–water partition coefficient (Wildman–Crippen LogP) is 3.94. The van der Waals surface area contributed by atoms with Crippen LogP contribution in [-0.4, -0.2) is 6.54 Å². The van der Waals surface area contributed by atoms with Gasteiger partial charge in [-0.1, -0.05) is 30.3 Å². The van der Waals surface area contributed by atoms with E-state index in [0.717, 1.165) is 13.1 Å². The first-order chi connectivity index (χ1) is 7.90. The molecule has 1 aromatic heterocycles. The van der Waals surface area contributed by atoms with E-state index in [9.17, 15) is 0 Å². The third-order valence-electron chi connectivity index (χ3n) is 2.40. The number of benzene rings is 1. The van der Waals surface area contributed by atoms with Crippen molar-refractivity contribution < 1.29 is 0 Å². The van der Waals surface area contributed by atoms with Gasteiger partial charge in [0, 0.05) is 17.1 Å². The minimum absolute atomic E-state index is 0.877. The summed E-state index contributed by atoms with van der Waals surface area (Å²) in [4.78, 5) is 3.70. The average Bonchev–Trinajstić information content (AvgIpc) is 2.83. The first-order valence-corrected chi connectivity index (χ1v) is 6.21. The number of rotatable bonds is 5. The van der Waals surface area contributed by atoms with E-state index >= 15 is 0 Å². The summed E-state index contributed by atoms with van der Waals surface area (Å²) in [5, 5.41) is 2.12. The summed E-state index contributed by atoms with van der Waals surface area (Å²) in [6.07, 6.45) is 1.95. The van der Waals surface area contributed by atoms with Crippen LogP contribution in [0.25, 0.3) is 0 Å². The summed E-state index contributed by atoms with van der Waals surface area (Å²) >= 11 is 1.80. The molecule has 16 heavy (non-hydrogen) atoms. The second-order valence-electron chi connectivity index (χ2n) is 3.58. The Morgan fingerprint density at radius 2 is 1.94 bits per heavy atom. The molecule has 2 rings (SSSR count). The van der Waals surface area contributed by atoms with Gasteiger partial charge in [-0.3, -0.25) is 0 Å². The highest BCUT2D eigenvalue weighted by Gasteiger charge is 2.05. The summed E-state index contributed by atoms with van der Waals surface area (Å²) < 4.78 is 0. The molecule has 0 saturated heterocycles. The van der Waals surface area contributed by atoms with E-state index < -0.39 is 0 Å². The van der Waals surface area contributed by atoms with Crippen LogP contribution in [0.1, 0.15) is 4.88 Å². The Bertz CT molecular complexity index is 419. The van der Waals surface area contributed by atoms with Crippen LogP contribution in [0.3, 0.4) is 0 Å². The lowest BCUT2D eigenvalue weighted by Gasteiger charge is -2.22. The number of nitrogens with zero attached hydrogens (tertiary/aromatic N) is 1. The normalized spacial score (nSPS) is 10.0. The van der Waals surface area contributed by atoms with E-state index in [1.807, 2.05) is 12.1 Å². The molecule has 0 aliphatic rings. The molecule has 0 fully saturated rings. The summed E-state index contributed by atoms with van der Waals surface area (Å²) in [5.41, 5.74) is 1.25. The average molecular weight is 229 g/mol. The molecule has 2 aromatic rings. The molecule has 82 valence electrons. The van der Waals surface area contributed by atoms with Crippen molar-refractivity contribution in [3.05, 3.63) is 65.4 Å². The van der Waals surface area contributed by atoms with E-state index in [4.69, 9.17) is 0 Å². The van der Waals surface area contributed by atoms with Gasteiger partial charge >= 0.3 is 0 Å². The van der Waals surface area contributed by atoms with Crippen LogP contribution in [0.4, 0.5) is 5.69 Å². The summed E-state index contributed by atoms with van der Waals surface area (Å²) in [6.45, 7) is 5.65. The monoisotopic (exact) mass is 229 g/mol. The van der Waals surface area contributed by atoms with Gasteiger partial charge in [0.15, 0.2) is 0 Å². The van der Waals surface area contributed by atoms with Gasteiger partial charge in [0.1, 0.15) is 0 Å². The quantitative estimate of drug-likeness (QED) is 0.702. The SMILES string of the molecule is C=CCN(Cc1cccs1)c1ccccc1. The maximum Gasteiger partial charge on any atom is 0.0526 e. The molecule has 0 atom stereocenters. The summed E-state index contributed by atoms with van der Waals surface area (Å²) in [5.74, 6) is 0. The zero-order valence-corrected chi connectivity index (χ0v) is 9.99. The van der Waals surface area contributed by atoms with Gasteiger partial charge in [-0.15, -0.1) is 17.9 Å². The fourth-order valence-corrected chi connectivity index (χ4v) is 2.37. The van der Waals surface area contributed by atoms with Gasteiger partial charge in [0.05, 0.1) is 6.54 Å². The van der Waals surface area contributed by atoms with Crippen LogP contribution in [-0.2, 0) is 6.54 Å². The highest BCUT2D eigenvalue weighted by Crippen LogP contribution is 2.18. The molecule has 0 saturated carbocycles. The largest absolute Gasteiger partial charge is 0.363 e. The molecule has 0 aliphatic heterocycles. The van der Waals surface area contributed by atoms with Crippen molar-refractivity contribution in [3.63, 3.8) is 0 Å². The van der Waals surface area contributed by atoms with Crippen molar-refractivity contribution in [2.45, 2.75) is 6.54 Å². The third-order valence-corrected chi connectivity index (χ3v) is 3.26. The van der Waals surface area contributed by atoms with Crippen LogP contribution in [0, 0.1) is 0 Å². The van der Waals surface area contributed by atoms with Crippen LogP contribution in [0.15, 0.2) is 60.5 Å². The van der Waals surface area contributed by atoms with E-state index in [-0.39, 0.29) is 0 Å². The maximum absolute atomic E-state index is 3.82. The molecule has 0 N–H and O–H groups in total. The fourth-order valence-electron chi connectivity index (χ4n) is 1.65. The lowest BCUT2D eigenvalue weighted by molar-refractivity contribution is 0.881. The first-order valence-electron chi connectivity index (χ1n) is 5.33. The predicted molar refractivity (Wildman–Crippen MR) is 72.0 cm³/mol. The van der Waals surface area contributed by atoms with Gasteiger partial charge in [-0.05, 0) is 23.6 Å². The number of para-hydroxylation sites is 1. The number of hydrogen-bond acceptors (Lipinski definition) is 2. The topological polar surface area (TPSA) is 3.24 Å². The molecule has 1 heterocycles. The first kappa shape index (κ1) is 11.0. The minimum atomic E-state index is 0.877. The van der Waals surface area contributed by atoms with Gasteiger partial charge in [0.2, 0.25) is 0 Å². The van der Waals surface area contributed by atoms with E-state index in [1.165, 1.54) is 10.6 Å². The van der Waals surface area contributed by atoms with Gasteiger partial charge in [-0.2, -0.15) is 0 Å².